The van der Waals surface area contributed by atoms with Crippen LogP contribution in [0.5, 0.6) is 11.5 Å². The van der Waals surface area contributed by atoms with Gasteiger partial charge in [0.1, 0.15) is 0 Å². The highest BCUT2D eigenvalue weighted by Gasteiger charge is 2.74. The normalized spacial score (nSPS) is 33.7. The van der Waals surface area contributed by atoms with E-state index in [9.17, 15) is 4.79 Å². The average molecular weight is 405 g/mol. The lowest BCUT2D eigenvalue weighted by Crippen LogP contribution is -2.76. The van der Waals surface area contributed by atoms with Gasteiger partial charge in [0.05, 0.1) is 24.7 Å². The molecule has 0 amide bonds. The highest BCUT2D eigenvalue weighted by atomic mass is 16.5. The molecule has 6 rings (SSSR count). The van der Waals surface area contributed by atoms with E-state index in [2.05, 4.69) is 30.1 Å². The van der Waals surface area contributed by atoms with Crippen molar-refractivity contribution in [1.82, 2.24) is 4.90 Å². The van der Waals surface area contributed by atoms with Gasteiger partial charge in [0.25, 0.3) is 0 Å². The molecule has 1 saturated carbocycles. The number of ether oxygens (including phenoxy) is 3. The lowest BCUT2D eigenvalue weighted by atomic mass is 9.49. The van der Waals surface area contributed by atoms with E-state index in [0.29, 0.717) is 13.0 Å². The second-order valence-electron chi connectivity index (χ2n) is 9.18. The number of ketones is 1. The monoisotopic (exact) mass is 405 g/mol. The fraction of sp³-hybridized carbons (Fsp3) is 0.480. The van der Waals surface area contributed by atoms with Gasteiger partial charge in [-0.15, -0.1) is 0 Å². The van der Waals surface area contributed by atoms with Crippen molar-refractivity contribution in [2.45, 2.75) is 55.5 Å². The van der Waals surface area contributed by atoms with Crippen LogP contribution in [0.4, 0.5) is 0 Å². The van der Waals surface area contributed by atoms with Gasteiger partial charge >= 0.3 is 0 Å². The number of carbonyl (C=O) groups is 1. The Morgan fingerprint density at radius 1 is 1.17 bits per heavy atom. The second kappa shape index (κ2) is 6.32. The molecule has 1 saturated heterocycles. The van der Waals surface area contributed by atoms with Gasteiger partial charge in [-0.25, -0.2) is 0 Å². The summed E-state index contributed by atoms with van der Waals surface area (Å²) in [6.07, 6.45) is 2.52. The molecule has 0 unspecified atom stereocenters. The number of likely N-dealkylation sites (tertiary alicyclic amines) is 1. The van der Waals surface area contributed by atoms with E-state index in [1.54, 1.807) is 7.11 Å². The molecular weight excluding hydrogens is 378 g/mol. The zero-order valence-corrected chi connectivity index (χ0v) is 17.5. The van der Waals surface area contributed by atoms with E-state index < -0.39 is 17.1 Å². The van der Waals surface area contributed by atoms with Crippen LogP contribution in [-0.4, -0.2) is 49.1 Å². The maximum Gasteiger partial charge on any atom is 0.174 e. The van der Waals surface area contributed by atoms with Gasteiger partial charge in [0.2, 0.25) is 0 Å². The number of rotatable bonds is 4. The Balaban J connectivity index is 1.55. The Morgan fingerprint density at radius 3 is 2.80 bits per heavy atom. The maximum absolute atomic E-state index is 13.2. The summed E-state index contributed by atoms with van der Waals surface area (Å²) in [5.41, 5.74) is 2.73. The van der Waals surface area contributed by atoms with Crippen LogP contribution in [0, 0.1) is 0 Å². The zero-order valence-electron chi connectivity index (χ0n) is 17.5. The third-order valence-electron chi connectivity index (χ3n) is 8.03. The highest BCUT2D eigenvalue weighted by Crippen LogP contribution is 2.66. The van der Waals surface area contributed by atoms with Gasteiger partial charge in [0.15, 0.2) is 23.4 Å². The van der Waals surface area contributed by atoms with Crippen molar-refractivity contribution < 1.29 is 19.0 Å². The summed E-state index contributed by atoms with van der Waals surface area (Å²) >= 11 is 0. The standard InChI is InChI=1S/C25H27NO4/c1-26-13-12-24-21-17-8-9-19(28-2)22(21)30-23(24)18(27)10-11-25(24,20(26)14-17)29-15-16-6-4-3-5-7-16/h3-9,20,23H,10-15H2,1-2H3/t20-,23+,24+,25-/m1/s1. The van der Waals surface area contributed by atoms with Crippen molar-refractivity contribution in [1.29, 1.82) is 0 Å². The number of hydrogen-bond acceptors (Lipinski definition) is 5. The van der Waals surface area contributed by atoms with Crippen LogP contribution in [0.15, 0.2) is 42.5 Å². The maximum atomic E-state index is 13.2. The molecule has 2 aliphatic heterocycles. The van der Waals surface area contributed by atoms with Crippen molar-refractivity contribution in [2.24, 2.45) is 0 Å². The van der Waals surface area contributed by atoms with Crippen LogP contribution in [0.1, 0.15) is 36.0 Å². The van der Waals surface area contributed by atoms with Crippen LogP contribution in [-0.2, 0) is 28.0 Å². The third kappa shape index (κ3) is 2.12. The molecule has 0 aromatic heterocycles. The summed E-state index contributed by atoms with van der Waals surface area (Å²) in [7, 11) is 3.87. The fourth-order valence-corrected chi connectivity index (χ4v) is 6.74. The third-order valence-corrected chi connectivity index (χ3v) is 8.03. The summed E-state index contributed by atoms with van der Waals surface area (Å²) in [4.78, 5) is 15.6. The van der Waals surface area contributed by atoms with E-state index in [1.807, 2.05) is 24.3 Å². The Bertz CT molecular complexity index is 1020. The fourth-order valence-electron chi connectivity index (χ4n) is 6.74. The SMILES string of the molecule is COc1ccc2c3c1O[C@H]1C(=O)CC[C@@]4(OCc5ccccc5)[C@@H](C2)N(C)CC[C@]314. The number of hydrogen-bond donors (Lipinski definition) is 0. The largest absolute Gasteiger partial charge is 0.493 e. The van der Waals surface area contributed by atoms with Crippen molar-refractivity contribution in [3.63, 3.8) is 0 Å². The number of benzene rings is 2. The Hall–Kier alpha value is -2.37. The molecule has 5 heteroatoms. The molecule has 2 aromatic carbocycles. The molecule has 156 valence electrons. The topological polar surface area (TPSA) is 48.0 Å². The Labute approximate surface area is 176 Å². The molecule has 30 heavy (non-hydrogen) atoms. The van der Waals surface area contributed by atoms with Gasteiger partial charge in [-0.2, -0.15) is 0 Å². The number of carbonyl (C=O) groups excluding carboxylic acids is 1. The second-order valence-corrected chi connectivity index (χ2v) is 9.18. The predicted molar refractivity (Wildman–Crippen MR) is 112 cm³/mol. The zero-order chi connectivity index (χ0) is 20.5. The molecule has 5 nitrogen and oxygen atoms in total. The van der Waals surface area contributed by atoms with E-state index in [0.717, 1.165) is 42.9 Å². The van der Waals surface area contributed by atoms with Gasteiger partial charge in [-0.3, -0.25) is 4.79 Å². The van der Waals surface area contributed by atoms with Crippen molar-refractivity contribution in [3.05, 3.63) is 59.2 Å². The molecule has 2 bridgehead atoms. The van der Waals surface area contributed by atoms with Crippen LogP contribution >= 0.6 is 0 Å². The Kier molecular flexibility index (Phi) is 3.87. The van der Waals surface area contributed by atoms with Crippen molar-refractivity contribution in [2.75, 3.05) is 20.7 Å². The van der Waals surface area contributed by atoms with E-state index in [4.69, 9.17) is 14.2 Å². The van der Waals surface area contributed by atoms with Crippen LogP contribution in [0.2, 0.25) is 0 Å². The van der Waals surface area contributed by atoms with Crippen LogP contribution < -0.4 is 9.47 Å². The van der Waals surface area contributed by atoms with Crippen LogP contribution in [0.3, 0.4) is 0 Å². The minimum absolute atomic E-state index is 0.198. The summed E-state index contributed by atoms with van der Waals surface area (Å²) in [6.45, 7) is 1.48. The lowest BCUT2D eigenvalue weighted by molar-refractivity contribution is -0.215. The number of likely N-dealkylation sites (N-methyl/N-ethyl adjacent to an activating group) is 1. The predicted octanol–water partition coefficient (Wildman–Crippen LogP) is 3.27. The number of nitrogens with zero attached hydrogens (tertiary/aromatic N) is 1. The molecule has 0 N–H and O–H groups in total. The first-order valence-electron chi connectivity index (χ1n) is 10.9. The Morgan fingerprint density at radius 2 is 2.00 bits per heavy atom. The minimum atomic E-state index is -0.483. The van der Waals surface area contributed by atoms with E-state index >= 15 is 0 Å². The first-order valence-corrected chi connectivity index (χ1v) is 10.9. The molecule has 2 heterocycles. The van der Waals surface area contributed by atoms with E-state index in [-0.39, 0.29) is 11.8 Å². The summed E-state index contributed by atoms with van der Waals surface area (Å²) in [5, 5.41) is 0. The molecule has 2 fully saturated rings. The first-order chi connectivity index (χ1) is 14.6. The quantitative estimate of drug-likeness (QED) is 0.781. The molecular formula is C25H27NO4. The van der Waals surface area contributed by atoms with Gasteiger partial charge in [0, 0.05) is 18.0 Å². The van der Waals surface area contributed by atoms with Gasteiger partial charge in [-0.1, -0.05) is 36.4 Å². The molecule has 4 atom stereocenters. The summed E-state index contributed by atoms with van der Waals surface area (Å²) in [5.74, 6) is 1.69. The number of methoxy groups -OCH3 is 1. The minimum Gasteiger partial charge on any atom is -0.493 e. The molecule has 0 radical (unpaired) electrons. The van der Waals surface area contributed by atoms with Crippen molar-refractivity contribution >= 4 is 5.78 Å². The van der Waals surface area contributed by atoms with Crippen LogP contribution in [0.25, 0.3) is 0 Å². The molecule has 1 spiro atoms. The van der Waals surface area contributed by atoms with Gasteiger partial charge in [-0.05, 0) is 50.0 Å². The molecule has 4 aliphatic rings. The summed E-state index contributed by atoms with van der Waals surface area (Å²) < 4.78 is 19.1. The number of piperidine rings is 1. The van der Waals surface area contributed by atoms with E-state index in [1.165, 1.54) is 11.1 Å². The summed E-state index contributed by atoms with van der Waals surface area (Å²) in [6, 6.07) is 14.7. The lowest BCUT2D eigenvalue weighted by Gasteiger charge is -2.64. The molecule has 2 aliphatic carbocycles. The highest BCUT2D eigenvalue weighted by molar-refractivity contribution is 5.90. The number of Topliss-reactive ketones (excluding diaryl/α,β-unsaturated/α-hetero) is 1. The smallest absolute Gasteiger partial charge is 0.174 e. The van der Waals surface area contributed by atoms with Gasteiger partial charge < -0.3 is 19.1 Å². The van der Waals surface area contributed by atoms with Crippen molar-refractivity contribution in [3.8, 4) is 11.5 Å². The first kappa shape index (κ1) is 18.4. The molecule has 2 aromatic rings. The average Bonchev–Trinajstić information content (AvgIpc) is 3.13.